The third kappa shape index (κ3) is 6.31. The van der Waals surface area contributed by atoms with Crippen LogP contribution in [0.25, 0.3) is 11.4 Å². The van der Waals surface area contributed by atoms with Gasteiger partial charge in [0.1, 0.15) is 5.75 Å². The summed E-state index contributed by atoms with van der Waals surface area (Å²) in [7, 11) is 0. The van der Waals surface area contributed by atoms with E-state index in [-0.39, 0.29) is 0 Å². The smallest absolute Gasteiger partial charge is 0.159 e. The molecular formula is C21H30N2O. The van der Waals surface area contributed by atoms with Crippen LogP contribution in [0.3, 0.4) is 0 Å². The van der Waals surface area contributed by atoms with Crippen molar-refractivity contribution < 1.29 is 4.74 Å². The molecule has 0 spiro atoms. The van der Waals surface area contributed by atoms with Crippen molar-refractivity contribution in [2.24, 2.45) is 0 Å². The Morgan fingerprint density at radius 2 is 1.46 bits per heavy atom. The topological polar surface area (TPSA) is 35.0 Å². The lowest BCUT2D eigenvalue weighted by atomic mass is 10.1. The van der Waals surface area contributed by atoms with Crippen LogP contribution in [-0.4, -0.2) is 16.6 Å². The van der Waals surface area contributed by atoms with E-state index in [2.05, 4.69) is 23.8 Å². The van der Waals surface area contributed by atoms with Crippen LogP contribution in [-0.2, 0) is 6.42 Å². The lowest BCUT2D eigenvalue weighted by molar-refractivity contribution is 0.309. The lowest BCUT2D eigenvalue weighted by Crippen LogP contribution is -1.96. The van der Waals surface area contributed by atoms with Gasteiger partial charge in [0.2, 0.25) is 0 Å². The van der Waals surface area contributed by atoms with Gasteiger partial charge in [0.15, 0.2) is 5.82 Å². The van der Waals surface area contributed by atoms with Gasteiger partial charge in [-0.05, 0) is 49.1 Å². The Labute approximate surface area is 146 Å². The van der Waals surface area contributed by atoms with E-state index in [9.17, 15) is 0 Å². The fourth-order valence-electron chi connectivity index (χ4n) is 2.60. The molecule has 0 N–H and O–H groups in total. The molecule has 1 aromatic heterocycles. The molecule has 0 bridgehead atoms. The number of ether oxygens (including phenoxy) is 1. The van der Waals surface area contributed by atoms with Gasteiger partial charge in [-0.2, -0.15) is 0 Å². The van der Waals surface area contributed by atoms with Gasteiger partial charge in [0, 0.05) is 18.0 Å². The predicted molar refractivity (Wildman–Crippen MR) is 100 cm³/mol. The number of hydrogen-bond acceptors (Lipinski definition) is 3. The van der Waals surface area contributed by atoms with Crippen LogP contribution >= 0.6 is 0 Å². The van der Waals surface area contributed by atoms with Gasteiger partial charge in [-0.15, -0.1) is 0 Å². The van der Waals surface area contributed by atoms with E-state index < -0.39 is 0 Å². The fourth-order valence-corrected chi connectivity index (χ4v) is 2.60. The van der Waals surface area contributed by atoms with Crippen LogP contribution in [0.15, 0.2) is 36.7 Å². The molecule has 0 amide bonds. The highest BCUT2D eigenvalue weighted by atomic mass is 16.5. The molecule has 0 aliphatic heterocycles. The largest absolute Gasteiger partial charge is 0.494 e. The number of nitrogens with zero attached hydrogens (tertiary/aromatic N) is 2. The second kappa shape index (κ2) is 10.8. The molecule has 0 fully saturated rings. The fraction of sp³-hybridized carbons (Fsp3) is 0.524. The maximum absolute atomic E-state index is 5.69. The summed E-state index contributed by atoms with van der Waals surface area (Å²) < 4.78 is 5.69. The minimum atomic E-state index is 0.777. The Bertz CT molecular complexity index is 563. The third-order valence-electron chi connectivity index (χ3n) is 4.15. The Morgan fingerprint density at radius 1 is 0.792 bits per heavy atom. The summed E-state index contributed by atoms with van der Waals surface area (Å²) in [4.78, 5) is 9.03. The van der Waals surface area contributed by atoms with Crippen LogP contribution in [0.4, 0.5) is 0 Å². The maximum Gasteiger partial charge on any atom is 0.159 e. The first kappa shape index (κ1) is 18.4. The monoisotopic (exact) mass is 326 g/mol. The lowest BCUT2D eigenvalue weighted by Gasteiger charge is -2.06. The summed E-state index contributed by atoms with van der Waals surface area (Å²) in [6, 6.07) is 8.05. The molecule has 3 heteroatoms. The molecule has 0 unspecified atom stereocenters. The molecule has 130 valence electrons. The molecule has 24 heavy (non-hydrogen) atoms. The zero-order chi connectivity index (χ0) is 17.0. The first-order valence-electron chi connectivity index (χ1n) is 9.37. The number of hydrogen-bond donors (Lipinski definition) is 0. The summed E-state index contributed by atoms with van der Waals surface area (Å²) in [5.74, 6) is 1.70. The SMILES string of the molecule is CCCCCCCc1cnc(-c2ccc(OCCCC)cc2)nc1. The van der Waals surface area contributed by atoms with Crippen LogP contribution in [0.5, 0.6) is 5.75 Å². The van der Waals surface area contributed by atoms with Crippen LogP contribution < -0.4 is 4.74 Å². The van der Waals surface area contributed by atoms with Crippen molar-refractivity contribution in [3.8, 4) is 17.1 Å². The summed E-state index contributed by atoms with van der Waals surface area (Å²) in [5, 5.41) is 0. The summed E-state index contributed by atoms with van der Waals surface area (Å²) in [5.41, 5.74) is 2.27. The summed E-state index contributed by atoms with van der Waals surface area (Å²) in [6.07, 6.45) is 13.7. The maximum atomic E-state index is 5.69. The van der Waals surface area contributed by atoms with Crippen molar-refractivity contribution in [1.29, 1.82) is 0 Å². The molecule has 0 saturated carbocycles. The van der Waals surface area contributed by atoms with Crippen molar-refractivity contribution in [2.45, 2.75) is 65.2 Å². The second-order valence-corrected chi connectivity index (χ2v) is 6.31. The molecule has 2 rings (SSSR count). The van der Waals surface area contributed by atoms with Gasteiger partial charge in [-0.3, -0.25) is 0 Å². The number of aromatic nitrogens is 2. The van der Waals surface area contributed by atoms with Crippen molar-refractivity contribution in [3.05, 3.63) is 42.2 Å². The van der Waals surface area contributed by atoms with Crippen molar-refractivity contribution in [1.82, 2.24) is 9.97 Å². The standard InChI is InChI=1S/C21H30N2O/c1-3-5-7-8-9-10-18-16-22-21(23-17-18)19-11-13-20(14-12-19)24-15-6-4-2/h11-14,16-17H,3-10,15H2,1-2H3. The molecule has 0 aliphatic rings. The molecule has 0 atom stereocenters. The summed E-state index contributed by atoms with van der Waals surface area (Å²) in [6.45, 7) is 5.19. The van der Waals surface area contributed by atoms with Crippen LogP contribution in [0.2, 0.25) is 0 Å². The molecule has 0 radical (unpaired) electrons. The molecule has 3 nitrogen and oxygen atoms in total. The Kier molecular flexibility index (Phi) is 8.29. The zero-order valence-electron chi connectivity index (χ0n) is 15.1. The van der Waals surface area contributed by atoms with Crippen LogP contribution in [0.1, 0.15) is 64.4 Å². The van der Waals surface area contributed by atoms with Crippen molar-refractivity contribution in [3.63, 3.8) is 0 Å². The molecule has 2 aromatic rings. The quantitative estimate of drug-likeness (QED) is 0.487. The van der Waals surface area contributed by atoms with E-state index >= 15 is 0 Å². The first-order valence-corrected chi connectivity index (χ1v) is 9.37. The number of unbranched alkanes of at least 4 members (excludes halogenated alkanes) is 5. The van der Waals surface area contributed by atoms with E-state index in [0.717, 1.165) is 43.0 Å². The Morgan fingerprint density at radius 3 is 2.12 bits per heavy atom. The second-order valence-electron chi connectivity index (χ2n) is 6.31. The minimum absolute atomic E-state index is 0.777. The Balaban J connectivity index is 1.83. The minimum Gasteiger partial charge on any atom is -0.494 e. The van der Waals surface area contributed by atoms with E-state index in [4.69, 9.17) is 4.74 Å². The molecule has 1 heterocycles. The van der Waals surface area contributed by atoms with E-state index in [1.54, 1.807) is 0 Å². The third-order valence-corrected chi connectivity index (χ3v) is 4.15. The van der Waals surface area contributed by atoms with Gasteiger partial charge in [-0.25, -0.2) is 9.97 Å². The van der Waals surface area contributed by atoms with E-state index in [0.29, 0.717) is 0 Å². The highest BCUT2D eigenvalue weighted by Gasteiger charge is 2.03. The molecule has 0 aliphatic carbocycles. The first-order chi connectivity index (χ1) is 11.8. The predicted octanol–water partition coefficient (Wildman–Crippen LogP) is 5.84. The van der Waals surface area contributed by atoms with Gasteiger partial charge < -0.3 is 4.74 Å². The van der Waals surface area contributed by atoms with Crippen molar-refractivity contribution in [2.75, 3.05) is 6.61 Å². The van der Waals surface area contributed by atoms with Crippen molar-refractivity contribution >= 4 is 0 Å². The Hall–Kier alpha value is -1.90. The summed E-state index contributed by atoms with van der Waals surface area (Å²) >= 11 is 0. The van der Waals surface area contributed by atoms with Gasteiger partial charge in [-0.1, -0.05) is 46.0 Å². The molecule has 1 aromatic carbocycles. The highest BCUT2D eigenvalue weighted by molar-refractivity contribution is 5.55. The van der Waals surface area contributed by atoms with Crippen LogP contribution in [0, 0.1) is 0 Å². The van der Waals surface area contributed by atoms with Gasteiger partial charge >= 0.3 is 0 Å². The normalized spacial score (nSPS) is 10.8. The molecule has 0 saturated heterocycles. The number of aryl methyl sites for hydroxylation is 1. The van der Waals surface area contributed by atoms with E-state index in [1.165, 1.54) is 37.7 Å². The van der Waals surface area contributed by atoms with E-state index in [1.807, 2.05) is 36.7 Å². The average molecular weight is 326 g/mol. The average Bonchev–Trinajstić information content (AvgIpc) is 2.63. The zero-order valence-corrected chi connectivity index (χ0v) is 15.1. The number of benzene rings is 1. The van der Waals surface area contributed by atoms with Gasteiger partial charge in [0.05, 0.1) is 6.61 Å². The van der Waals surface area contributed by atoms with Gasteiger partial charge in [0.25, 0.3) is 0 Å². The highest BCUT2D eigenvalue weighted by Crippen LogP contribution is 2.19. The molecular weight excluding hydrogens is 296 g/mol. The number of rotatable bonds is 11.